The molecule has 262 valence electrons. The molecule has 2 aliphatic heterocycles. The van der Waals surface area contributed by atoms with Gasteiger partial charge in [-0.05, 0) is 99.3 Å². The Morgan fingerprint density at radius 1 is 1.00 bits per heavy atom. The molecule has 5 rings (SSSR count). The van der Waals surface area contributed by atoms with Crippen LogP contribution in [-0.2, 0) is 14.1 Å². The second-order valence-electron chi connectivity index (χ2n) is 13.7. The molecular weight excluding hydrogens is 707 g/mol. The fraction of sp³-hybridized carbons (Fsp3) is 0.429. The van der Waals surface area contributed by atoms with Crippen molar-refractivity contribution in [3.63, 3.8) is 0 Å². The highest BCUT2D eigenvalue weighted by Crippen LogP contribution is 2.39. The van der Waals surface area contributed by atoms with Gasteiger partial charge >= 0.3 is 6.09 Å². The highest BCUT2D eigenvalue weighted by atomic mass is 79.9. The zero-order valence-corrected chi connectivity index (χ0v) is 31.3. The van der Waals surface area contributed by atoms with Gasteiger partial charge < -0.3 is 35.1 Å². The fourth-order valence-electron chi connectivity index (χ4n) is 6.06. The maximum atomic E-state index is 12.9. The lowest BCUT2D eigenvalue weighted by atomic mass is 10.0. The number of para-hydroxylation sites is 1. The summed E-state index contributed by atoms with van der Waals surface area (Å²) >= 11 is 3.53. The summed E-state index contributed by atoms with van der Waals surface area (Å²) < 4.78 is 19.1. The highest BCUT2D eigenvalue weighted by molar-refractivity contribution is 9.10. The maximum Gasteiger partial charge on any atom is 0.410 e. The molecule has 0 spiro atoms. The Hall–Kier alpha value is -3.93. The van der Waals surface area contributed by atoms with Crippen molar-refractivity contribution in [3.05, 3.63) is 65.8 Å². The van der Waals surface area contributed by atoms with Crippen LogP contribution in [0.4, 0.5) is 39.3 Å². The number of halogens is 1. The van der Waals surface area contributed by atoms with Crippen molar-refractivity contribution in [3.8, 4) is 0 Å². The van der Waals surface area contributed by atoms with Gasteiger partial charge in [-0.3, -0.25) is 9.69 Å². The SMILES string of the molecule is C=CC(=O)Nc1cc(Nc2ncc(Br)c(Nc3ccccc3P(C)(C)=O)n2)ccc1N1CCC(N2CCN(C(=O)OC(C)(C)C)CC2)CC1. The van der Waals surface area contributed by atoms with Crippen LogP contribution in [0.25, 0.3) is 0 Å². The molecule has 0 bridgehead atoms. The molecule has 0 aliphatic carbocycles. The molecule has 12 nitrogen and oxygen atoms in total. The van der Waals surface area contributed by atoms with E-state index in [4.69, 9.17) is 4.74 Å². The Bertz CT molecular complexity index is 1730. The van der Waals surface area contributed by atoms with E-state index in [0.29, 0.717) is 52.4 Å². The van der Waals surface area contributed by atoms with E-state index in [1.165, 1.54) is 6.08 Å². The standard InChI is InChI=1S/C35H46BrN8O4P/c1-7-31(45)39-28-22-24(38-33-37-23-26(36)32(41-33)40-27-10-8-9-11-30(27)49(5,6)47)12-13-29(28)43-16-14-25(15-17-43)42-18-20-44(21-19-42)34(46)48-35(2,3)4/h7-13,22-23,25H,1,14-21H2,2-6H3,(H,39,45)(H2,37,38,40,41). The number of nitrogens with one attached hydrogen (secondary N) is 3. The molecule has 49 heavy (non-hydrogen) atoms. The molecule has 0 radical (unpaired) electrons. The fourth-order valence-corrected chi connectivity index (χ4v) is 7.51. The zero-order chi connectivity index (χ0) is 35.3. The number of rotatable bonds is 9. The molecule has 0 saturated carbocycles. The zero-order valence-electron chi connectivity index (χ0n) is 28.8. The Kier molecular flexibility index (Phi) is 11.4. The molecule has 1 aromatic heterocycles. The summed E-state index contributed by atoms with van der Waals surface area (Å²) in [5.74, 6) is 0.565. The number of hydrogen-bond acceptors (Lipinski definition) is 10. The second kappa shape index (κ2) is 15.3. The van der Waals surface area contributed by atoms with Gasteiger partial charge in [-0.25, -0.2) is 9.78 Å². The van der Waals surface area contributed by atoms with E-state index in [1.54, 1.807) is 24.4 Å². The van der Waals surface area contributed by atoms with Crippen molar-refractivity contribution in [2.45, 2.75) is 45.3 Å². The summed E-state index contributed by atoms with van der Waals surface area (Å²) in [5.41, 5.74) is 2.49. The molecule has 2 aromatic carbocycles. The summed E-state index contributed by atoms with van der Waals surface area (Å²) in [6.45, 7) is 17.4. The first-order valence-corrected chi connectivity index (χ1v) is 19.8. The number of piperidine rings is 1. The third kappa shape index (κ3) is 9.61. The van der Waals surface area contributed by atoms with Gasteiger partial charge in [-0.2, -0.15) is 4.98 Å². The average molecular weight is 754 g/mol. The summed E-state index contributed by atoms with van der Waals surface area (Å²) in [6, 6.07) is 13.7. The Balaban J connectivity index is 1.25. The lowest BCUT2D eigenvalue weighted by Crippen LogP contribution is -2.55. The number of aromatic nitrogens is 2. The van der Waals surface area contributed by atoms with Gasteiger partial charge in [0.15, 0.2) is 0 Å². The predicted molar refractivity (Wildman–Crippen MR) is 202 cm³/mol. The minimum atomic E-state index is -2.54. The van der Waals surface area contributed by atoms with Gasteiger partial charge in [0.25, 0.3) is 0 Å². The predicted octanol–water partition coefficient (Wildman–Crippen LogP) is 6.62. The minimum absolute atomic E-state index is 0.246. The largest absolute Gasteiger partial charge is 0.444 e. The van der Waals surface area contributed by atoms with E-state index in [1.807, 2.05) is 63.2 Å². The van der Waals surface area contributed by atoms with Crippen LogP contribution in [0.15, 0.2) is 65.8 Å². The maximum absolute atomic E-state index is 12.9. The van der Waals surface area contributed by atoms with Crippen molar-refractivity contribution in [1.29, 1.82) is 0 Å². The van der Waals surface area contributed by atoms with E-state index in [2.05, 4.69) is 58.2 Å². The van der Waals surface area contributed by atoms with E-state index in [0.717, 1.165) is 50.0 Å². The van der Waals surface area contributed by atoms with Gasteiger partial charge in [-0.15, -0.1) is 0 Å². The average Bonchev–Trinajstić information content (AvgIpc) is 3.05. The lowest BCUT2D eigenvalue weighted by molar-refractivity contribution is -0.111. The number of piperazine rings is 1. The molecule has 3 heterocycles. The van der Waals surface area contributed by atoms with Crippen LogP contribution in [0.3, 0.4) is 0 Å². The van der Waals surface area contributed by atoms with Crippen LogP contribution in [0.1, 0.15) is 33.6 Å². The first-order valence-electron chi connectivity index (χ1n) is 16.5. The monoisotopic (exact) mass is 752 g/mol. The van der Waals surface area contributed by atoms with Crippen molar-refractivity contribution < 1.29 is 18.9 Å². The molecule has 0 unspecified atom stereocenters. The summed E-state index contributed by atoms with van der Waals surface area (Å²) in [6.07, 6.45) is 4.60. The molecule has 2 aliphatic rings. The Labute approximate surface area is 297 Å². The van der Waals surface area contributed by atoms with Crippen molar-refractivity contribution in [2.75, 3.05) is 73.4 Å². The van der Waals surface area contributed by atoms with Crippen LogP contribution < -0.4 is 26.2 Å². The lowest BCUT2D eigenvalue weighted by Gasteiger charge is -2.43. The Morgan fingerprint density at radius 2 is 1.69 bits per heavy atom. The summed E-state index contributed by atoms with van der Waals surface area (Å²) in [4.78, 5) is 40.7. The quantitative estimate of drug-likeness (QED) is 0.162. The van der Waals surface area contributed by atoms with E-state index in [9.17, 15) is 14.2 Å². The Morgan fingerprint density at radius 3 is 2.35 bits per heavy atom. The van der Waals surface area contributed by atoms with Crippen LogP contribution in [0, 0.1) is 0 Å². The summed E-state index contributed by atoms with van der Waals surface area (Å²) in [7, 11) is -2.54. The topological polar surface area (TPSA) is 132 Å². The van der Waals surface area contributed by atoms with Gasteiger partial charge in [-0.1, -0.05) is 18.7 Å². The van der Waals surface area contributed by atoms with Crippen molar-refractivity contribution in [1.82, 2.24) is 19.8 Å². The normalized spacial score (nSPS) is 16.2. The third-order valence-corrected chi connectivity index (χ3v) is 10.6. The number of amides is 2. The van der Waals surface area contributed by atoms with E-state index < -0.39 is 12.7 Å². The van der Waals surface area contributed by atoms with Crippen LogP contribution in [-0.4, -0.2) is 96.0 Å². The second-order valence-corrected chi connectivity index (χ2v) is 17.7. The van der Waals surface area contributed by atoms with Crippen LogP contribution in [0.5, 0.6) is 0 Å². The number of nitrogens with zero attached hydrogens (tertiary/aromatic N) is 5. The number of benzene rings is 2. The molecule has 2 fully saturated rings. The number of hydrogen-bond donors (Lipinski definition) is 3. The minimum Gasteiger partial charge on any atom is -0.444 e. The summed E-state index contributed by atoms with van der Waals surface area (Å²) in [5, 5.41) is 10.3. The van der Waals surface area contributed by atoms with Gasteiger partial charge in [0.1, 0.15) is 18.6 Å². The highest BCUT2D eigenvalue weighted by Gasteiger charge is 2.31. The molecule has 0 atom stereocenters. The van der Waals surface area contributed by atoms with Crippen LogP contribution in [0.2, 0.25) is 0 Å². The molecule has 2 amide bonds. The third-order valence-electron chi connectivity index (χ3n) is 8.46. The first kappa shape index (κ1) is 36.4. The van der Waals surface area contributed by atoms with Gasteiger partial charge in [0.05, 0.1) is 21.5 Å². The number of anilines is 6. The number of ether oxygens (including phenoxy) is 1. The van der Waals surface area contributed by atoms with Gasteiger partial charge in [0, 0.05) is 62.5 Å². The van der Waals surface area contributed by atoms with E-state index >= 15 is 0 Å². The number of carbonyl (C=O) groups excluding carboxylic acids is 2. The molecular formula is C35H46BrN8O4P. The van der Waals surface area contributed by atoms with Crippen LogP contribution >= 0.6 is 23.1 Å². The molecule has 2 saturated heterocycles. The smallest absolute Gasteiger partial charge is 0.410 e. The van der Waals surface area contributed by atoms with Crippen molar-refractivity contribution >= 4 is 74.9 Å². The van der Waals surface area contributed by atoms with E-state index in [-0.39, 0.29) is 12.0 Å². The first-order chi connectivity index (χ1) is 23.2. The molecule has 3 aromatic rings. The molecule has 14 heteroatoms. The molecule has 3 N–H and O–H groups in total. The number of carbonyl (C=O) groups is 2. The van der Waals surface area contributed by atoms with Crippen molar-refractivity contribution in [2.24, 2.45) is 0 Å². The van der Waals surface area contributed by atoms with Gasteiger partial charge in [0.2, 0.25) is 11.9 Å².